The van der Waals surface area contributed by atoms with Gasteiger partial charge in [0, 0.05) is 4.47 Å². The maximum absolute atomic E-state index is 11.5. The van der Waals surface area contributed by atoms with Gasteiger partial charge in [0.15, 0.2) is 5.78 Å². The van der Waals surface area contributed by atoms with Crippen LogP contribution in [0.2, 0.25) is 0 Å². The predicted octanol–water partition coefficient (Wildman–Crippen LogP) is 4.78. The molecule has 0 N–H and O–H groups in total. The maximum atomic E-state index is 11.5. The second-order valence-electron chi connectivity index (χ2n) is 4.18. The van der Waals surface area contributed by atoms with E-state index >= 15 is 0 Å². The number of hydrogen-bond donors (Lipinski definition) is 0. The van der Waals surface area contributed by atoms with E-state index in [1.54, 1.807) is 13.0 Å². The van der Waals surface area contributed by atoms with Crippen molar-refractivity contribution in [1.29, 1.82) is 0 Å². The van der Waals surface area contributed by atoms with Gasteiger partial charge in [-0.2, -0.15) is 0 Å². The Kier molecular flexibility index (Phi) is 6.73. The van der Waals surface area contributed by atoms with Crippen LogP contribution in [0, 0.1) is 0 Å². The summed E-state index contributed by atoms with van der Waals surface area (Å²) in [5.41, 5.74) is 0.635. The van der Waals surface area contributed by atoms with E-state index in [1.807, 2.05) is 18.2 Å². The first kappa shape index (κ1) is 15.0. The van der Waals surface area contributed by atoms with E-state index in [1.165, 1.54) is 0 Å². The highest BCUT2D eigenvalue weighted by Gasteiger charge is 2.08. The van der Waals surface area contributed by atoms with E-state index in [4.69, 9.17) is 4.74 Å². The molecule has 2 nitrogen and oxygen atoms in total. The van der Waals surface area contributed by atoms with Crippen LogP contribution in [0.25, 0.3) is 0 Å². The van der Waals surface area contributed by atoms with Crippen LogP contribution in [0.4, 0.5) is 0 Å². The lowest BCUT2D eigenvalue weighted by Crippen LogP contribution is -2.03. The Labute approximate surface area is 117 Å². The summed E-state index contributed by atoms with van der Waals surface area (Å²) >= 11 is 3.36. The monoisotopic (exact) mass is 310 g/mol. The topological polar surface area (TPSA) is 26.3 Å². The molecule has 0 unspecified atom stereocenters. The molecule has 0 aromatic heterocycles. The second-order valence-corrected chi connectivity index (χ2v) is 5.10. The molecule has 0 saturated heterocycles. The van der Waals surface area contributed by atoms with Crippen LogP contribution in [0.5, 0.6) is 5.75 Å². The molecule has 0 bridgehead atoms. The predicted molar refractivity (Wildman–Crippen MR) is 78.3 cm³/mol. The number of hydrogen-bond acceptors (Lipinski definition) is 2. The summed E-state index contributed by atoms with van der Waals surface area (Å²) in [6, 6.07) is 5.53. The van der Waals surface area contributed by atoms with Crippen molar-refractivity contribution in [3.05, 3.63) is 40.9 Å². The minimum atomic E-state index is 0.0259. The molecule has 0 radical (unpaired) electrons. The third-order valence-electron chi connectivity index (χ3n) is 2.63. The zero-order valence-electron chi connectivity index (χ0n) is 10.7. The largest absolute Gasteiger partial charge is 0.493 e. The lowest BCUT2D eigenvalue weighted by molar-refractivity contribution is 0.101. The number of ether oxygens (including phenoxy) is 1. The van der Waals surface area contributed by atoms with E-state index in [9.17, 15) is 4.79 Å². The highest BCUT2D eigenvalue weighted by molar-refractivity contribution is 9.10. The molecule has 0 saturated carbocycles. The molecule has 1 aromatic carbocycles. The van der Waals surface area contributed by atoms with Gasteiger partial charge in [0.25, 0.3) is 0 Å². The summed E-state index contributed by atoms with van der Waals surface area (Å²) in [6.07, 6.45) is 6.26. The van der Waals surface area contributed by atoms with Crippen LogP contribution in [-0.4, -0.2) is 12.4 Å². The number of halogens is 1. The standard InChI is InChI=1S/C15H19BrO2/c1-3-4-5-6-7-10-18-15-9-8-13(16)11-14(15)12(2)17/h3,8-9,11H,1,4-7,10H2,2H3. The molecular formula is C15H19BrO2. The molecule has 0 atom stereocenters. The fraction of sp³-hybridized carbons (Fsp3) is 0.400. The molecule has 0 fully saturated rings. The minimum Gasteiger partial charge on any atom is -0.493 e. The van der Waals surface area contributed by atoms with Crippen molar-refractivity contribution in [2.75, 3.05) is 6.61 Å². The number of allylic oxidation sites excluding steroid dienone is 1. The quantitative estimate of drug-likeness (QED) is 0.392. The van der Waals surface area contributed by atoms with E-state index < -0.39 is 0 Å². The molecule has 1 aromatic rings. The molecule has 0 amide bonds. The molecule has 0 aliphatic carbocycles. The summed E-state index contributed by atoms with van der Waals surface area (Å²) in [5, 5.41) is 0. The fourth-order valence-electron chi connectivity index (χ4n) is 1.65. The number of ketones is 1. The third kappa shape index (κ3) is 5.05. The van der Waals surface area contributed by atoms with Crippen molar-refractivity contribution in [3.8, 4) is 5.75 Å². The first-order valence-corrected chi connectivity index (χ1v) is 6.98. The number of carbonyl (C=O) groups is 1. The molecule has 0 aliphatic heterocycles. The molecule has 3 heteroatoms. The lowest BCUT2D eigenvalue weighted by atomic mass is 10.1. The van der Waals surface area contributed by atoms with E-state index in [0.717, 1.165) is 30.2 Å². The molecular weight excluding hydrogens is 292 g/mol. The number of benzene rings is 1. The summed E-state index contributed by atoms with van der Waals surface area (Å²) in [7, 11) is 0. The van der Waals surface area contributed by atoms with Crippen LogP contribution < -0.4 is 4.74 Å². The van der Waals surface area contributed by atoms with Crippen LogP contribution in [0.3, 0.4) is 0 Å². The van der Waals surface area contributed by atoms with Crippen LogP contribution in [0.1, 0.15) is 43.0 Å². The summed E-state index contributed by atoms with van der Waals surface area (Å²) in [5.74, 6) is 0.701. The maximum Gasteiger partial charge on any atom is 0.163 e. The van der Waals surface area contributed by atoms with Crippen molar-refractivity contribution >= 4 is 21.7 Å². The highest BCUT2D eigenvalue weighted by atomic mass is 79.9. The van der Waals surface area contributed by atoms with Crippen LogP contribution >= 0.6 is 15.9 Å². The number of Topliss-reactive ketones (excluding diaryl/α,β-unsaturated/α-hetero) is 1. The van der Waals surface area contributed by atoms with Crippen molar-refractivity contribution in [2.45, 2.75) is 32.6 Å². The normalized spacial score (nSPS) is 10.1. The Morgan fingerprint density at radius 3 is 2.83 bits per heavy atom. The molecule has 18 heavy (non-hydrogen) atoms. The first-order valence-electron chi connectivity index (χ1n) is 6.19. The Morgan fingerprint density at radius 2 is 2.17 bits per heavy atom. The first-order chi connectivity index (χ1) is 8.65. The zero-order chi connectivity index (χ0) is 13.4. The van der Waals surface area contributed by atoms with Gasteiger partial charge in [-0.15, -0.1) is 6.58 Å². The van der Waals surface area contributed by atoms with Crippen molar-refractivity contribution < 1.29 is 9.53 Å². The zero-order valence-corrected chi connectivity index (χ0v) is 12.3. The third-order valence-corrected chi connectivity index (χ3v) is 3.12. The van der Waals surface area contributed by atoms with Crippen molar-refractivity contribution in [2.24, 2.45) is 0 Å². The average molecular weight is 311 g/mol. The number of carbonyl (C=O) groups excluding carboxylic acids is 1. The van der Waals surface area contributed by atoms with Crippen LogP contribution in [0.15, 0.2) is 35.3 Å². The molecule has 0 spiro atoms. The molecule has 1 rings (SSSR count). The molecule has 0 heterocycles. The van der Waals surface area contributed by atoms with Crippen LogP contribution in [-0.2, 0) is 0 Å². The van der Waals surface area contributed by atoms with Gasteiger partial charge in [-0.25, -0.2) is 0 Å². The Balaban J connectivity index is 2.46. The van der Waals surface area contributed by atoms with Gasteiger partial charge in [0.2, 0.25) is 0 Å². The van der Waals surface area contributed by atoms with Gasteiger partial charge in [-0.1, -0.05) is 22.0 Å². The van der Waals surface area contributed by atoms with Crippen molar-refractivity contribution in [3.63, 3.8) is 0 Å². The summed E-state index contributed by atoms with van der Waals surface area (Å²) in [4.78, 5) is 11.5. The smallest absolute Gasteiger partial charge is 0.163 e. The van der Waals surface area contributed by atoms with Crippen molar-refractivity contribution in [1.82, 2.24) is 0 Å². The van der Waals surface area contributed by atoms with Gasteiger partial charge in [0.1, 0.15) is 5.75 Å². The lowest BCUT2D eigenvalue weighted by Gasteiger charge is -2.10. The van der Waals surface area contributed by atoms with E-state index in [-0.39, 0.29) is 5.78 Å². The van der Waals surface area contributed by atoms with Gasteiger partial charge >= 0.3 is 0 Å². The SMILES string of the molecule is C=CCCCCCOc1ccc(Br)cc1C(C)=O. The van der Waals surface area contributed by atoms with Gasteiger partial charge in [-0.05, 0) is 50.8 Å². The highest BCUT2D eigenvalue weighted by Crippen LogP contribution is 2.24. The molecule has 0 aliphatic rings. The second kappa shape index (κ2) is 8.09. The Hall–Kier alpha value is -1.09. The Bertz CT molecular complexity index is 413. The number of rotatable bonds is 8. The average Bonchev–Trinajstić information content (AvgIpc) is 2.35. The van der Waals surface area contributed by atoms with Gasteiger partial charge < -0.3 is 4.74 Å². The minimum absolute atomic E-state index is 0.0259. The fourth-order valence-corrected chi connectivity index (χ4v) is 2.01. The van der Waals surface area contributed by atoms with Gasteiger partial charge in [-0.3, -0.25) is 4.79 Å². The number of unbranched alkanes of at least 4 members (excludes halogenated alkanes) is 3. The Morgan fingerprint density at radius 1 is 1.39 bits per heavy atom. The van der Waals surface area contributed by atoms with E-state index in [0.29, 0.717) is 17.9 Å². The summed E-state index contributed by atoms with van der Waals surface area (Å²) < 4.78 is 6.56. The summed E-state index contributed by atoms with van der Waals surface area (Å²) in [6.45, 7) is 5.90. The van der Waals surface area contributed by atoms with E-state index in [2.05, 4.69) is 22.5 Å². The molecule has 98 valence electrons. The van der Waals surface area contributed by atoms with Gasteiger partial charge in [0.05, 0.1) is 12.2 Å².